The molecule has 0 aliphatic heterocycles. The van der Waals surface area contributed by atoms with Crippen molar-refractivity contribution in [3.8, 4) is 6.07 Å². The van der Waals surface area contributed by atoms with Gasteiger partial charge in [0, 0.05) is 25.2 Å². The van der Waals surface area contributed by atoms with Gasteiger partial charge in [0.1, 0.15) is 0 Å². The zero-order valence-electron chi connectivity index (χ0n) is 12.6. The molecular weight excluding hydrogens is 274 g/mol. The molecule has 0 spiro atoms. The van der Waals surface area contributed by atoms with Crippen molar-refractivity contribution in [1.29, 1.82) is 5.26 Å². The predicted molar refractivity (Wildman–Crippen MR) is 87.3 cm³/mol. The van der Waals surface area contributed by atoms with E-state index >= 15 is 0 Å². The molecule has 0 bridgehead atoms. The Balaban J connectivity index is 1.70. The van der Waals surface area contributed by atoms with Crippen LogP contribution < -0.4 is 10.6 Å². The molecule has 22 heavy (non-hydrogen) atoms. The first-order chi connectivity index (χ1) is 10.7. The molecule has 0 saturated carbocycles. The number of nitriles is 1. The molecule has 0 aliphatic carbocycles. The second-order valence-corrected chi connectivity index (χ2v) is 5.15. The van der Waals surface area contributed by atoms with Crippen LogP contribution in [0.1, 0.15) is 23.1 Å². The van der Waals surface area contributed by atoms with Gasteiger partial charge >= 0.3 is 0 Å². The van der Waals surface area contributed by atoms with Crippen LogP contribution in [0.15, 0.2) is 48.5 Å². The molecule has 112 valence electrons. The van der Waals surface area contributed by atoms with E-state index in [4.69, 9.17) is 5.26 Å². The number of nitrogens with zero attached hydrogens (tertiary/aromatic N) is 1. The maximum atomic E-state index is 11.8. The van der Waals surface area contributed by atoms with Gasteiger partial charge in [-0.25, -0.2) is 0 Å². The number of benzene rings is 2. The standard InChI is InChI=1S/C18H19N3O/c1-14-3-2-4-16(11-14)13-20-10-9-18(22)21-17-7-5-15(12-19)6-8-17/h2-8,11,20H,9-10,13H2,1H3,(H,21,22). The number of aryl methyl sites for hydroxylation is 1. The van der Waals surface area contributed by atoms with Gasteiger partial charge in [-0.2, -0.15) is 5.26 Å². The third kappa shape index (κ3) is 5.04. The Hall–Kier alpha value is -2.64. The van der Waals surface area contributed by atoms with Crippen molar-refractivity contribution in [3.05, 3.63) is 65.2 Å². The summed E-state index contributed by atoms with van der Waals surface area (Å²) in [7, 11) is 0. The number of carbonyl (C=O) groups excluding carboxylic acids is 1. The van der Waals surface area contributed by atoms with E-state index in [0.717, 1.165) is 6.54 Å². The molecule has 2 N–H and O–H groups in total. The fourth-order valence-electron chi connectivity index (χ4n) is 2.11. The van der Waals surface area contributed by atoms with E-state index in [1.54, 1.807) is 24.3 Å². The summed E-state index contributed by atoms with van der Waals surface area (Å²) in [6.07, 6.45) is 0.409. The zero-order valence-corrected chi connectivity index (χ0v) is 12.6. The molecule has 2 aromatic carbocycles. The van der Waals surface area contributed by atoms with Gasteiger partial charge < -0.3 is 10.6 Å². The second kappa shape index (κ2) is 7.96. The number of rotatable bonds is 6. The number of hydrogen-bond acceptors (Lipinski definition) is 3. The lowest BCUT2D eigenvalue weighted by Gasteiger charge is -2.07. The Kier molecular flexibility index (Phi) is 5.70. The summed E-state index contributed by atoms with van der Waals surface area (Å²) in [5.41, 5.74) is 3.74. The van der Waals surface area contributed by atoms with Crippen LogP contribution >= 0.6 is 0 Å². The summed E-state index contributed by atoms with van der Waals surface area (Å²) < 4.78 is 0. The van der Waals surface area contributed by atoms with Crippen LogP contribution in [0.25, 0.3) is 0 Å². The Bertz CT molecular complexity index is 671. The van der Waals surface area contributed by atoms with E-state index in [1.165, 1.54) is 11.1 Å². The van der Waals surface area contributed by atoms with Crippen molar-refractivity contribution in [3.63, 3.8) is 0 Å². The summed E-state index contributed by atoms with van der Waals surface area (Å²) >= 11 is 0. The number of nitrogens with one attached hydrogen (secondary N) is 2. The minimum atomic E-state index is -0.0403. The number of anilines is 1. The fourth-order valence-corrected chi connectivity index (χ4v) is 2.11. The van der Waals surface area contributed by atoms with Gasteiger partial charge in [0.05, 0.1) is 11.6 Å². The monoisotopic (exact) mass is 293 g/mol. The van der Waals surface area contributed by atoms with E-state index in [9.17, 15) is 4.79 Å². The van der Waals surface area contributed by atoms with Crippen LogP contribution in [0.5, 0.6) is 0 Å². The molecule has 0 atom stereocenters. The minimum Gasteiger partial charge on any atom is -0.326 e. The molecule has 0 saturated heterocycles. The van der Waals surface area contributed by atoms with Gasteiger partial charge in [-0.05, 0) is 36.8 Å². The van der Waals surface area contributed by atoms with E-state index in [2.05, 4.69) is 35.8 Å². The quantitative estimate of drug-likeness (QED) is 0.805. The van der Waals surface area contributed by atoms with Crippen LogP contribution in [-0.4, -0.2) is 12.5 Å². The van der Waals surface area contributed by atoms with Crippen LogP contribution in [0, 0.1) is 18.3 Å². The molecule has 0 aromatic heterocycles. The first-order valence-corrected chi connectivity index (χ1v) is 7.23. The van der Waals surface area contributed by atoms with Gasteiger partial charge in [0.15, 0.2) is 0 Å². The van der Waals surface area contributed by atoms with Crippen molar-refractivity contribution in [2.24, 2.45) is 0 Å². The van der Waals surface area contributed by atoms with Crippen molar-refractivity contribution < 1.29 is 4.79 Å². The summed E-state index contributed by atoms with van der Waals surface area (Å²) in [6, 6.07) is 17.2. The van der Waals surface area contributed by atoms with Gasteiger partial charge in [-0.1, -0.05) is 29.8 Å². The van der Waals surface area contributed by atoms with Gasteiger partial charge in [0.2, 0.25) is 5.91 Å². The van der Waals surface area contributed by atoms with Crippen molar-refractivity contribution in [2.75, 3.05) is 11.9 Å². The molecule has 2 rings (SSSR count). The van der Waals surface area contributed by atoms with Crippen LogP contribution in [0.2, 0.25) is 0 Å². The average molecular weight is 293 g/mol. The maximum Gasteiger partial charge on any atom is 0.225 e. The normalized spacial score (nSPS) is 10.0. The Morgan fingerprint density at radius 2 is 1.95 bits per heavy atom. The summed E-state index contributed by atoms with van der Waals surface area (Å²) in [6.45, 7) is 3.44. The Labute approximate surface area is 130 Å². The molecule has 0 fully saturated rings. The van der Waals surface area contributed by atoms with Gasteiger partial charge in [-0.3, -0.25) is 4.79 Å². The molecule has 0 heterocycles. The highest BCUT2D eigenvalue weighted by molar-refractivity contribution is 5.90. The first-order valence-electron chi connectivity index (χ1n) is 7.23. The van der Waals surface area contributed by atoms with Gasteiger partial charge in [0.25, 0.3) is 0 Å². The highest BCUT2D eigenvalue weighted by Gasteiger charge is 2.02. The molecule has 1 amide bonds. The maximum absolute atomic E-state index is 11.8. The number of amides is 1. The smallest absolute Gasteiger partial charge is 0.225 e. The molecule has 0 unspecified atom stereocenters. The Morgan fingerprint density at radius 3 is 2.64 bits per heavy atom. The summed E-state index contributed by atoms with van der Waals surface area (Å²) in [4.78, 5) is 11.8. The lowest BCUT2D eigenvalue weighted by molar-refractivity contribution is -0.116. The topological polar surface area (TPSA) is 64.9 Å². The predicted octanol–water partition coefficient (Wildman–Crippen LogP) is 2.99. The largest absolute Gasteiger partial charge is 0.326 e. The third-order valence-electron chi connectivity index (χ3n) is 3.24. The highest BCUT2D eigenvalue weighted by atomic mass is 16.1. The van der Waals surface area contributed by atoms with E-state index in [0.29, 0.717) is 24.2 Å². The second-order valence-electron chi connectivity index (χ2n) is 5.15. The van der Waals surface area contributed by atoms with E-state index in [1.807, 2.05) is 12.1 Å². The fraction of sp³-hybridized carbons (Fsp3) is 0.222. The molecular formula is C18H19N3O. The lowest BCUT2D eigenvalue weighted by Crippen LogP contribution is -2.21. The third-order valence-corrected chi connectivity index (χ3v) is 3.24. The summed E-state index contributed by atoms with van der Waals surface area (Å²) in [5, 5.41) is 14.8. The highest BCUT2D eigenvalue weighted by Crippen LogP contribution is 2.09. The van der Waals surface area contributed by atoms with Crippen molar-refractivity contribution >= 4 is 11.6 Å². The van der Waals surface area contributed by atoms with Gasteiger partial charge in [-0.15, -0.1) is 0 Å². The van der Waals surface area contributed by atoms with Crippen LogP contribution in [0.3, 0.4) is 0 Å². The van der Waals surface area contributed by atoms with Crippen LogP contribution in [-0.2, 0) is 11.3 Å². The minimum absolute atomic E-state index is 0.0403. The zero-order chi connectivity index (χ0) is 15.8. The first kappa shape index (κ1) is 15.7. The average Bonchev–Trinajstić information content (AvgIpc) is 2.52. The van der Waals surface area contributed by atoms with E-state index < -0.39 is 0 Å². The molecule has 0 radical (unpaired) electrons. The van der Waals surface area contributed by atoms with Crippen LogP contribution in [0.4, 0.5) is 5.69 Å². The SMILES string of the molecule is Cc1cccc(CNCCC(=O)Nc2ccc(C#N)cc2)c1. The molecule has 2 aromatic rings. The Morgan fingerprint density at radius 1 is 1.18 bits per heavy atom. The van der Waals surface area contributed by atoms with E-state index in [-0.39, 0.29) is 5.91 Å². The molecule has 0 aliphatic rings. The van der Waals surface area contributed by atoms with Crippen molar-refractivity contribution in [2.45, 2.75) is 19.9 Å². The number of hydrogen-bond donors (Lipinski definition) is 2. The summed E-state index contributed by atoms with van der Waals surface area (Å²) in [5.74, 6) is -0.0403. The number of carbonyl (C=O) groups is 1. The molecule has 4 nitrogen and oxygen atoms in total. The molecule has 4 heteroatoms. The lowest BCUT2D eigenvalue weighted by atomic mass is 10.1. The van der Waals surface area contributed by atoms with Crippen molar-refractivity contribution in [1.82, 2.24) is 5.32 Å².